The molecule has 3 aromatic heterocycles. The molecule has 0 aliphatic carbocycles. The van der Waals surface area contributed by atoms with E-state index in [0.29, 0.717) is 11.6 Å². The van der Waals surface area contributed by atoms with Crippen molar-refractivity contribution in [3.63, 3.8) is 0 Å². The second-order valence-electron chi connectivity index (χ2n) is 10.0. The average molecular weight is 839 g/mol. The van der Waals surface area contributed by atoms with Crippen molar-refractivity contribution >= 4 is 33.8 Å². The molecule has 8 heteroatoms. The van der Waals surface area contributed by atoms with Gasteiger partial charge in [0.25, 0.3) is 0 Å². The van der Waals surface area contributed by atoms with Crippen molar-refractivity contribution in [1.82, 2.24) is 25.4 Å². The van der Waals surface area contributed by atoms with Gasteiger partial charge in [0.05, 0.1) is 0 Å². The zero-order chi connectivity index (χ0) is 30.4. The molecule has 225 valence electrons. The molecule has 0 saturated heterocycles. The van der Waals surface area contributed by atoms with Crippen LogP contribution >= 0.6 is 0 Å². The molecule has 0 unspecified atom stereocenters. The number of ether oxygens (including phenoxy) is 1. The van der Waals surface area contributed by atoms with Crippen LogP contribution < -0.4 is 4.74 Å². The van der Waals surface area contributed by atoms with E-state index in [4.69, 9.17) is 4.74 Å². The molecule has 0 atom stereocenters. The van der Waals surface area contributed by atoms with Gasteiger partial charge < -0.3 is 0 Å². The van der Waals surface area contributed by atoms with Crippen LogP contribution in [0.3, 0.4) is 0 Å². The Bertz CT molecular complexity index is 2120. The normalized spacial score (nSPS) is 10.5. The summed E-state index contributed by atoms with van der Waals surface area (Å²) in [6, 6.07) is 48.8. The fourth-order valence-electron chi connectivity index (χ4n) is 5.03. The maximum absolute atomic E-state index is 5.31. The number of benzene rings is 5. The van der Waals surface area contributed by atoms with Crippen molar-refractivity contribution in [2.24, 2.45) is 0 Å². The minimum Gasteiger partial charge on any atom is -0.177 e. The number of aromatic nitrogens is 5. The molecule has 0 bridgehead atoms. The van der Waals surface area contributed by atoms with Gasteiger partial charge in [0, 0.05) is 25.7 Å². The standard InChI is InChI=1S/C24H16NOSe.C14H9N4.Ir/c1-26-17-13-11-16(12-14-17)18-6-4-7-19-20-8-5-9-21(24(20)27-23(18)19)22-10-2-3-15-25-22;1-3-7-11(8-4-1)13-15-17-14(18-16-13)12-9-5-2-6-10-12;/h2-8,10-15H,1H3;1-9H;/q2*-1;. The first-order valence-corrected chi connectivity index (χ1v) is 16.0. The summed E-state index contributed by atoms with van der Waals surface area (Å²) in [5.74, 6) is 1.89. The molecular weight excluding hydrogens is 814 g/mol. The third-order valence-electron chi connectivity index (χ3n) is 7.24. The van der Waals surface area contributed by atoms with Gasteiger partial charge in [-0.25, -0.2) is 0 Å². The monoisotopic (exact) mass is 840 g/mol. The summed E-state index contributed by atoms with van der Waals surface area (Å²) in [4.78, 5) is 4.55. The Morgan fingerprint density at radius 2 is 1.33 bits per heavy atom. The van der Waals surface area contributed by atoms with Crippen LogP contribution in [0.25, 0.3) is 64.5 Å². The zero-order valence-corrected chi connectivity index (χ0v) is 28.7. The summed E-state index contributed by atoms with van der Waals surface area (Å²) in [5.41, 5.74) is 6.35. The fraction of sp³-hybridized carbons (Fsp3) is 0.0263. The summed E-state index contributed by atoms with van der Waals surface area (Å²) >= 11 is 0.214. The maximum Gasteiger partial charge on any atom is 0.201 e. The Kier molecular flexibility index (Phi) is 9.82. The van der Waals surface area contributed by atoms with E-state index in [1.54, 1.807) is 7.11 Å². The molecule has 0 fully saturated rings. The molecule has 8 rings (SSSR count). The van der Waals surface area contributed by atoms with Gasteiger partial charge in [-0.2, -0.15) is 10.2 Å². The first kappa shape index (κ1) is 31.2. The second-order valence-corrected chi connectivity index (χ2v) is 12.2. The summed E-state index contributed by atoms with van der Waals surface area (Å²) in [7, 11) is 1.70. The van der Waals surface area contributed by atoms with Gasteiger partial charge >= 0.3 is 164 Å². The molecule has 0 saturated carbocycles. The first-order valence-electron chi connectivity index (χ1n) is 14.3. The van der Waals surface area contributed by atoms with Crippen molar-refractivity contribution in [2.45, 2.75) is 0 Å². The molecule has 46 heavy (non-hydrogen) atoms. The van der Waals surface area contributed by atoms with E-state index in [2.05, 4.69) is 80.0 Å². The predicted octanol–water partition coefficient (Wildman–Crippen LogP) is 7.99. The van der Waals surface area contributed by atoms with Gasteiger partial charge in [0.2, 0.25) is 5.82 Å². The summed E-state index contributed by atoms with van der Waals surface area (Å²) in [5, 5.41) is 19.0. The van der Waals surface area contributed by atoms with Gasteiger partial charge in [-0.05, 0) is 0 Å². The molecule has 0 aliphatic rings. The van der Waals surface area contributed by atoms with Crippen LogP contribution in [0.1, 0.15) is 0 Å². The van der Waals surface area contributed by atoms with E-state index < -0.39 is 0 Å². The summed E-state index contributed by atoms with van der Waals surface area (Å²) in [6.45, 7) is 0. The number of methoxy groups -OCH3 is 1. The Morgan fingerprint density at radius 1 is 0.587 bits per heavy atom. The van der Waals surface area contributed by atoms with E-state index >= 15 is 0 Å². The Balaban J connectivity index is 0.000000171. The van der Waals surface area contributed by atoms with Crippen LogP contribution in [0.5, 0.6) is 5.75 Å². The summed E-state index contributed by atoms with van der Waals surface area (Å²) < 4.78 is 8.11. The smallest absolute Gasteiger partial charge is 0.177 e. The second kappa shape index (κ2) is 14.5. The molecule has 0 spiro atoms. The molecule has 0 aliphatic heterocycles. The zero-order valence-electron chi connectivity index (χ0n) is 24.6. The van der Waals surface area contributed by atoms with Gasteiger partial charge in [-0.15, -0.1) is 46.1 Å². The van der Waals surface area contributed by atoms with E-state index in [0.717, 1.165) is 28.1 Å². The van der Waals surface area contributed by atoms with Crippen LogP contribution in [0.15, 0.2) is 134 Å². The van der Waals surface area contributed by atoms with Gasteiger partial charge in [-0.1, -0.05) is 30.3 Å². The molecule has 0 amide bonds. The first-order chi connectivity index (χ1) is 22.3. The largest absolute Gasteiger partial charge is 0.201 e. The maximum atomic E-state index is 5.31. The number of pyridine rings is 1. The minimum absolute atomic E-state index is 0. The van der Waals surface area contributed by atoms with Gasteiger partial charge in [0.1, 0.15) is 5.82 Å². The minimum atomic E-state index is 0. The van der Waals surface area contributed by atoms with Crippen LogP contribution in [-0.2, 0) is 20.1 Å². The van der Waals surface area contributed by atoms with Gasteiger partial charge in [-0.3, -0.25) is 0 Å². The molecule has 3 heterocycles. The molecule has 1 radical (unpaired) electrons. The van der Waals surface area contributed by atoms with Crippen molar-refractivity contribution in [1.29, 1.82) is 0 Å². The molecule has 8 aromatic rings. The quantitative estimate of drug-likeness (QED) is 0.129. The molecule has 5 aromatic carbocycles. The molecule has 6 nitrogen and oxygen atoms in total. The van der Waals surface area contributed by atoms with Crippen LogP contribution in [0.4, 0.5) is 0 Å². The van der Waals surface area contributed by atoms with Crippen molar-refractivity contribution in [3.8, 4) is 50.9 Å². The number of nitrogens with zero attached hydrogens (tertiary/aromatic N) is 5. The van der Waals surface area contributed by atoms with E-state index in [-0.39, 0.29) is 34.6 Å². The number of fused-ring (bicyclic) bond motifs is 3. The number of hydrogen-bond donors (Lipinski definition) is 0. The topological polar surface area (TPSA) is 73.7 Å². The van der Waals surface area contributed by atoms with Crippen LogP contribution in [0, 0.1) is 12.1 Å². The van der Waals surface area contributed by atoms with E-state index in [9.17, 15) is 0 Å². The molecule has 0 N–H and O–H groups in total. The van der Waals surface area contributed by atoms with E-state index in [1.807, 2.05) is 91.1 Å². The Hall–Kier alpha value is -4.84. The third kappa shape index (κ3) is 6.57. The van der Waals surface area contributed by atoms with Crippen molar-refractivity contribution in [2.75, 3.05) is 7.11 Å². The van der Waals surface area contributed by atoms with Crippen LogP contribution in [-0.4, -0.2) is 47.0 Å². The fourth-order valence-corrected chi connectivity index (χ4v) is 7.85. The van der Waals surface area contributed by atoms with Crippen molar-refractivity contribution in [3.05, 3.63) is 146 Å². The number of hydrogen-bond acceptors (Lipinski definition) is 6. The Morgan fingerprint density at radius 3 is 2.04 bits per heavy atom. The third-order valence-corrected chi connectivity index (χ3v) is 9.91. The average Bonchev–Trinajstić information content (AvgIpc) is 3.52. The molecular formula is C38H25IrN5OSe-2. The van der Waals surface area contributed by atoms with E-state index in [1.165, 1.54) is 30.4 Å². The SMILES string of the molecule is COc1ccc(-c2cccc3c2[se]c2c(-c4ccccn4)[c-]ccc23)cc1.[Ir].[c-]1ccccc1-c1nnc(-c2ccccc2)nn1. The predicted molar refractivity (Wildman–Crippen MR) is 180 cm³/mol. The van der Waals surface area contributed by atoms with Gasteiger partial charge in [0.15, 0.2) is 0 Å². The van der Waals surface area contributed by atoms with Crippen LogP contribution in [0.2, 0.25) is 0 Å². The van der Waals surface area contributed by atoms with Crippen molar-refractivity contribution < 1.29 is 24.8 Å². The Labute approximate surface area is 286 Å². The summed E-state index contributed by atoms with van der Waals surface area (Å²) in [6.07, 6.45) is 1.85. The number of rotatable bonds is 5.